The predicted octanol–water partition coefficient (Wildman–Crippen LogP) is 3.96. The third kappa shape index (κ3) is 2.96. The van der Waals surface area contributed by atoms with Gasteiger partial charge in [-0.15, -0.1) is 0 Å². The highest BCUT2D eigenvalue weighted by molar-refractivity contribution is 5.77. The first-order chi connectivity index (χ1) is 11.3. The van der Waals surface area contributed by atoms with Gasteiger partial charge >= 0.3 is 0 Å². The van der Waals surface area contributed by atoms with Crippen LogP contribution in [-0.4, -0.2) is 19.7 Å². The zero-order valence-electron chi connectivity index (χ0n) is 13.5. The number of hydrogen-bond donors (Lipinski definition) is 2. The lowest BCUT2D eigenvalue weighted by Gasteiger charge is -2.21. The van der Waals surface area contributed by atoms with E-state index in [0.29, 0.717) is 5.92 Å². The van der Waals surface area contributed by atoms with Gasteiger partial charge in [0, 0.05) is 31.3 Å². The van der Waals surface area contributed by atoms with Gasteiger partial charge in [-0.1, -0.05) is 31.4 Å². The second kappa shape index (κ2) is 6.07. The molecule has 0 aliphatic heterocycles. The number of rotatable bonds is 4. The molecule has 2 N–H and O–H groups in total. The predicted molar refractivity (Wildman–Crippen MR) is 92.5 cm³/mol. The third-order valence-corrected chi connectivity index (χ3v) is 4.76. The Morgan fingerprint density at radius 1 is 1.22 bits per heavy atom. The van der Waals surface area contributed by atoms with Gasteiger partial charge in [0.2, 0.25) is 5.95 Å². The van der Waals surface area contributed by atoms with Crippen molar-refractivity contribution in [2.45, 2.75) is 44.6 Å². The number of aromatic nitrogens is 4. The number of hydrogen-bond acceptors (Lipinski definition) is 3. The Morgan fingerprint density at radius 2 is 2.04 bits per heavy atom. The molecule has 5 heteroatoms. The molecule has 5 nitrogen and oxygen atoms in total. The van der Waals surface area contributed by atoms with Gasteiger partial charge in [0.05, 0.1) is 16.7 Å². The van der Waals surface area contributed by atoms with E-state index in [1.807, 2.05) is 36.0 Å². The zero-order valence-corrected chi connectivity index (χ0v) is 13.5. The molecule has 0 unspecified atom stereocenters. The Labute approximate surface area is 136 Å². The lowest BCUT2D eigenvalue weighted by Crippen LogP contribution is -2.10. The fraction of sp³-hybridized carbons (Fsp3) is 0.444. The van der Waals surface area contributed by atoms with Crippen molar-refractivity contribution in [1.29, 1.82) is 0 Å². The molecule has 120 valence electrons. The van der Waals surface area contributed by atoms with E-state index in [1.54, 1.807) is 0 Å². The first-order valence-electron chi connectivity index (χ1n) is 8.50. The fourth-order valence-electron chi connectivity index (χ4n) is 3.63. The Kier molecular flexibility index (Phi) is 3.77. The summed E-state index contributed by atoms with van der Waals surface area (Å²) in [5.74, 6) is 1.45. The van der Waals surface area contributed by atoms with Gasteiger partial charge in [-0.2, -0.15) is 5.10 Å². The molecular weight excluding hydrogens is 286 g/mol. The second-order valence-corrected chi connectivity index (χ2v) is 6.50. The van der Waals surface area contributed by atoms with Crippen molar-refractivity contribution in [1.82, 2.24) is 19.7 Å². The Morgan fingerprint density at radius 3 is 2.87 bits per heavy atom. The highest BCUT2D eigenvalue weighted by atomic mass is 15.3. The number of imidazole rings is 1. The van der Waals surface area contributed by atoms with Crippen LogP contribution in [0.5, 0.6) is 0 Å². The van der Waals surface area contributed by atoms with E-state index < -0.39 is 0 Å². The summed E-state index contributed by atoms with van der Waals surface area (Å²) >= 11 is 0. The number of anilines is 1. The van der Waals surface area contributed by atoms with E-state index in [9.17, 15) is 0 Å². The van der Waals surface area contributed by atoms with E-state index in [4.69, 9.17) is 5.10 Å². The number of nitrogens with zero attached hydrogens (tertiary/aromatic N) is 3. The Balaban J connectivity index is 1.52. The van der Waals surface area contributed by atoms with E-state index in [2.05, 4.69) is 21.5 Å². The normalized spacial score (nSPS) is 16.0. The quantitative estimate of drug-likeness (QED) is 0.767. The molecule has 0 amide bonds. The smallest absolute Gasteiger partial charge is 0.201 e. The molecule has 4 rings (SSSR count). The maximum Gasteiger partial charge on any atom is 0.201 e. The van der Waals surface area contributed by atoms with E-state index in [-0.39, 0.29) is 0 Å². The first kappa shape index (κ1) is 14.3. The molecule has 1 aliphatic carbocycles. The van der Waals surface area contributed by atoms with Crippen molar-refractivity contribution in [3.63, 3.8) is 0 Å². The van der Waals surface area contributed by atoms with E-state index in [0.717, 1.165) is 23.5 Å². The van der Waals surface area contributed by atoms with Crippen LogP contribution in [0.15, 0.2) is 30.5 Å². The molecule has 2 aromatic heterocycles. The van der Waals surface area contributed by atoms with Crippen molar-refractivity contribution in [3.05, 3.63) is 41.7 Å². The first-order valence-corrected chi connectivity index (χ1v) is 8.50. The largest absolute Gasteiger partial charge is 0.352 e. The molecule has 0 radical (unpaired) electrons. The maximum absolute atomic E-state index is 4.74. The average molecular weight is 309 g/mol. The lowest BCUT2D eigenvalue weighted by atomic mass is 9.85. The zero-order chi connectivity index (χ0) is 15.6. The number of aryl methyl sites for hydroxylation is 1. The molecule has 0 spiro atoms. The van der Waals surface area contributed by atoms with Crippen molar-refractivity contribution < 1.29 is 0 Å². The van der Waals surface area contributed by atoms with Crippen LogP contribution in [0.1, 0.15) is 49.3 Å². The fourth-order valence-corrected chi connectivity index (χ4v) is 3.63. The van der Waals surface area contributed by atoms with E-state index >= 15 is 0 Å². The standard InChI is InChI=1S/C18H23N5/c1-23-12-14(17(22-23)13-7-3-2-4-8-13)11-19-18-20-15-9-5-6-10-16(15)21-18/h5-6,9-10,12-13H,2-4,7-8,11H2,1H3,(H2,19,20,21). The van der Waals surface area contributed by atoms with Crippen LogP contribution < -0.4 is 5.32 Å². The summed E-state index contributed by atoms with van der Waals surface area (Å²) in [4.78, 5) is 7.91. The van der Waals surface area contributed by atoms with Gasteiger partial charge in [-0.3, -0.25) is 4.68 Å². The molecule has 1 aromatic carbocycles. The third-order valence-electron chi connectivity index (χ3n) is 4.76. The van der Waals surface area contributed by atoms with Gasteiger partial charge in [0.15, 0.2) is 0 Å². The van der Waals surface area contributed by atoms with Crippen molar-refractivity contribution in [2.24, 2.45) is 7.05 Å². The number of fused-ring (bicyclic) bond motifs is 1. The molecule has 0 saturated heterocycles. The number of aromatic amines is 1. The SMILES string of the molecule is Cn1cc(CNc2nc3ccccc3[nH]2)c(C2CCCCC2)n1. The minimum absolute atomic E-state index is 0.623. The summed E-state index contributed by atoms with van der Waals surface area (Å²) in [5, 5.41) is 8.16. The average Bonchev–Trinajstić information content (AvgIpc) is 3.16. The van der Waals surface area contributed by atoms with Gasteiger partial charge in [-0.25, -0.2) is 4.98 Å². The summed E-state index contributed by atoms with van der Waals surface area (Å²) in [6, 6.07) is 8.10. The van der Waals surface area contributed by atoms with Crippen LogP contribution in [-0.2, 0) is 13.6 Å². The molecule has 1 aliphatic rings. The second-order valence-electron chi connectivity index (χ2n) is 6.50. The van der Waals surface area contributed by atoms with Crippen LogP contribution in [0.3, 0.4) is 0 Å². The molecule has 3 aromatic rings. The summed E-state index contributed by atoms with van der Waals surface area (Å²) < 4.78 is 1.94. The summed E-state index contributed by atoms with van der Waals surface area (Å²) in [5.41, 5.74) is 4.62. The molecule has 1 fully saturated rings. The summed E-state index contributed by atoms with van der Waals surface area (Å²) in [6.45, 7) is 0.763. The molecule has 1 saturated carbocycles. The van der Waals surface area contributed by atoms with Gasteiger partial charge in [-0.05, 0) is 25.0 Å². The van der Waals surface area contributed by atoms with Crippen molar-refractivity contribution in [2.75, 3.05) is 5.32 Å². The topological polar surface area (TPSA) is 58.5 Å². The van der Waals surface area contributed by atoms with Crippen LogP contribution in [0, 0.1) is 0 Å². The van der Waals surface area contributed by atoms with Crippen LogP contribution in [0.25, 0.3) is 11.0 Å². The number of nitrogens with one attached hydrogen (secondary N) is 2. The van der Waals surface area contributed by atoms with Crippen LogP contribution in [0.2, 0.25) is 0 Å². The van der Waals surface area contributed by atoms with Gasteiger partial charge in [0.1, 0.15) is 0 Å². The molecule has 2 heterocycles. The summed E-state index contributed by atoms with van der Waals surface area (Å²) in [7, 11) is 2.01. The monoisotopic (exact) mass is 309 g/mol. The molecular formula is C18H23N5. The number of H-pyrrole nitrogens is 1. The van der Waals surface area contributed by atoms with Gasteiger partial charge in [0.25, 0.3) is 0 Å². The van der Waals surface area contributed by atoms with Crippen LogP contribution >= 0.6 is 0 Å². The Hall–Kier alpha value is -2.30. The molecule has 0 atom stereocenters. The number of para-hydroxylation sites is 2. The molecule has 0 bridgehead atoms. The lowest BCUT2D eigenvalue weighted by molar-refractivity contribution is 0.432. The van der Waals surface area contributed by atoms with Crippen molar-refractivity contribution in [3.8, 4) is 0 Å². The van der Waals surface area contributed by atoms with Gasteiger partial charge < -0.3 is 10.3 Å². The number of benzene rings is 1. The highest BCUT2D eigenvalue weighted by Gasteiger charge is 2.21. The molecule has 23 heavy (non-hydrogen) atoms. The summed E-state index contributed by atoms with van der Waals surface area (Å²) in [6.07, 6.45) is 8.72. The van der Waals surface area contributed by atoms with Crippen LogP contribution in [0.4, 0.5) is 5.95 Å². The minimum atomic E-state index is 0.623. The Bertz CT molecular complexity index is 762. The van der Waals surface area contributed by atoms with E-state index in [1.165, 1.54) is 43.4 Å². The maximum atomic E-state index is 4.74. The highest BCUT2D eigenvalue weighted by Crippen LogP contribution is 2.33. The minimum Gasteiger partial charge on any atom is -0.352 e. The van der Waals surface area contributed by atoms with Crippen molar-refractivity contribution >= 4 is 17.0 Å².